The number of aryl methyl sites for hydroxylation is 1. The fourth-order valence-corrected chi connectivity index (χ4v) is 5.23. The molecule has 1 atom stereocenters. The van der Waals surface area contributed by atoms with Crippen molar-refractivity contribution in [3.8, 4) is 11.1 Å². The van der Waals surface area contributed by atoms with Crippen LogP contribution in [0.15, 0.2) is 83.8 Å². The van der Waals surface area contributed by atoms with Crippen LogP contribution in [0.4, 0.5) is 0 Å². The Morgan fingerprint density at radius 1 is 0.844 bits per heavy atom. The minimum absolute atomic E-state index is 0.114. The van der Waals surface area contributed by atoms with Gasteiger partial charge in [0.1, 0.15) is 5.37 Å². The van der Waals surface area contributed by atoms with E-state index in [9.17, 15) is 13.2 Å². The number of carbonyl (C=O) groups is 1. The molecule has 0 amide bonds. The highest BCUT2D eigenvalue weighted by Gasteiger charge is 2.25. The first-order valence-corrected chi connectivity index (χ1v) is 12.4. The van der Waals surface area contributed by atoms with Crippen molar-refractivity contribution in [2.24, 2.45) is 0 Å². The average Bonchev–Trinajstić information content (AvgIpc) is 2.81. The first kappa shape index (κ1) is 23.7. The van der Waals surface area contributed by atoms with Crippen LogP contribution < -0.4 is 5.32 Å². The smallest absolute Gasteiger partial charge is 0.303 e. The van der Waals surface area contributed by atoms with Gasteiger partial charge in [0.05, 0.1) is 4.90 Å². The molecular weight excluding hydrogens is 422 g/mol. The van der Waals surface area contributed by atoms with Crippen molar-refractivity contribution in [3.63, 3.8) is 0 Å². The summed E-state index contributed by atoms with van der Waals surface area (Å²) in [5.41, 5.74) is 4.10. The lowest BCUT2D eigenvalue weighted by Gasteiger charge is -2.18. The van der Waals surface area contributed by atoms with Gasteiger partial charge >= 0.3 is 5.97 Å². The Morgan fingerprint density at radius 2 is 1.41 bits per heavy atom. The standard InChI is InChI=1S/C26H29NO4S/c1-2-25(27-19-18-21-10-8-20(9-11-21)12-17-26(28)29)32(30,31)24-15-13-23(14-16-24)22-6-4-3-5-7-22/h3-11,13-16,25,27H,2,12,17-19H2,1H3,(H,28,29). The van der Waals surface area contributed by atoms with Gasteiger partial charge in [0.2, 0.25) is 0 Å². The Balaban J connectivity index is 1.59. The SMILES string of the molecule is CCC(NCCc1ccc(CCC(=O)O)cc1)S(=O)(=O)c1ccc(-c2ccccc2)cc1. The number of benzene rings is 3. The van der Waals surface area contributed by atoms with Crippen LogP contribution in [0.5, 0.6) is 0 Å². The third-order valence-electron chi connectivity index (χ3n) is 5.47. The number of hydrogen-bond donors (Lipinski definition) is 2. The second-order valence-electron chi connectivity index (χ2n) is 7.75. The van der Waals surface area contributed by atoms with Crippen molar-refractivity contribution in [1.29, 1.82) is 0 Å². The molecule has 3 aromatic rings. The Hall–Kier alpha value is -2.96. The normalized spacial score (nSPS) is 12.4. The number of carboxylic acids is 1. The molecule has 3 aromatic carbocycles. The van der Waals surface area contributed by atoms with E-state index in [0.717, 1.165) is 22.3 Å². The molecule has 0 aliphatic heterocycles. The maximum Gasteiger partial charge on any atom is 0.303 e. The second kappa shape index (κ2) is 11.1. The molecule has 0 bridgehead atoms. The number of nitrogens with one attached hydrogen (secondary N) is 1. The third-order valence-corrected chi connectivity index (χ3v) is 7.65. The highest BCUT2D eigenvalue weighted by atomic mass is 32.2. The molecule has 0 aliphatic carbocycles. The summed E-state index contributed by atoms with van der Waals surface area (Å²) in [5.74, 6) is -0.806. The summed E-state index contributed by atoms with van der Waals surface area (Å²) in [4.78, 5) is 11.0. The molecule has 168 valence electrons. The molecule has 0 radical (unpaired) electrons. The van der Waals surface area contributed by atoms with Gasteiger partial charge in [0.25, 0.3) is 0 Å². The first-order valence-electron chi connectivity index (χ1n) is 10.8. The van der Waals surface area contributed by atoms with Gasteiger partial charge in [0, 0.05) is 13.0 Å². The predicted octanol–water partition coefficient (Wildman–Crippen LogP) is 4.71. The maximum atomic E-state index is 13.1. The fraction of sp³-hybridized carbons (Fsp3) is 0.269. The third kappa shape index (κ3) is 6.28. The van der Waals surface area contributed by atoms with Crippen LogP contribution in [0.3, 0.4) is 0 Å². The van der Waals surface area contributed by atoms with Crippen LogP contribution in [-0.2, 0) is 27.5 Å². The number of rotatable bonds is 11. The molecule has 5 nitrogen and oxygen atoms in total. The molecule has 0 saturated carbocycles. The van der Waals surface area contributed by atoms with Crippen LogP contribution in [-0.4, -0.2) is 31.4 Å². The van der Waals surface area contributed by atoms with Crippen LogP contribution >= 0.6 is 0 Å². The zero-order chi connectivity index (χ0) is 23.0. The molecular formula is C26H29NO4S. The molecule has 0 aliphatic rings. The van der Waals surface area contributed by atoms with Gasteiger partial charge in [-0.2, -0.15) is 0 Å². The molecule has 32 heavy (non-hydrogen) atoms. The topological polar surface area (TPSA) is 83.5 Å². The van der Waals surface area contributed by atoms with Gasteiger partial charge < -0.3 is 10.4 Å². The highest BCUT2D eigenvalue weighted by molar-refractivity contribution is 7.92. The van der Waals surface area contributed by atoms with Crippen molar-refractivity contribution in [1.82, 2.24) is 5.32 Å². The van der Waals surface area contributed by atoms with Gasteiger partial charge in [-0.15, -0.1) is 0 Å². The molecule has 2 N–H and O–H groups in total. The highest BCUT2D eigenvalue weighted by Crippen LogP contribution is 2.23. The van der Waals surface area contributed by atoms with Crippen LogP contribution in [0.2, 0.25) is 0 Å². The predicted molar refractivity (Wildman–Crippen MR) is 127 cm³/mol. The van der Waals surface area contributed by atoms with E-state index in [1.165, 1.54) is 0 Å². The van der Waals surface area contributed by atoms with Gasteiger partial charge in [0.15, 0.2) is 9.84 Å². The lowest BCUT2D eigenvalue weighted by molar-refractivity contribution is -0.136. The van der Waals surface area contributed by atoms with Crippen molar-refractivity contribution >= 4 is 15.8 Å². The average molecular weight is 452 g/mol. The molecule has 0 aromatic heterocycles. The van der Waals surface area contributed by atoms with E-state index < -0.39 is 21.2 Å². The van der Waals surface area contributed by atoms with Crippen molar-refractivity contribution < 1.29 is 18.3 Å². The summed E-state index contributed by atoms with van der Waals surface area (Å²) in [5, 5.41) is 11.3. The molecule has 1 unspecified atom stereocenters. The molecule has 6 heteroatoms. The first-order chi connectivity index (χ1) is 15.4. The lowest BCUT2D eigenvalue weighted by Crippen LogP contribution is -2.37. The fourth-order valence-electron chi connectivity index (χ4n) is 3.61. The number of carboxylic acid groups (broad SMARTS) is 1. The van der Waals surface area contributed by atoms with E-state index in [0.29, 0.717) is 30.7 Å². The zero-order valence-electron chi connectivity index (χ0n) is 18.2. The largest absolute Gasteiger partial charge is 0.481 e. The van der Waals surface area contributed by atoms with E-state index in [1.807, 2.05) is 73.7 Å². The molecule has 0 heterocycles. The van der Waals surface area contributed by atoms with Gasteiger partial charge in [-0.25, -0.2) is 8.42 Å². The molecule has 0 saturated heterocycles. The molecule has 0 fully saturated rings. The maximum absolute atomic E-state index is 13.1. The minimum atomic E-state index is -3.49. The van der Waals surface area contributed by atoms with Crippen LogP contribution in [0, 0.1) is 0 Å². The van der Waals surface area contributed by atoms with Gasteiger partial charge in [-0.05, 0) is 53.6 Å². The Labute approximate surface area is 190 Å². The summed E-state index contributed by atoms with van der Waals surface area (Å²) in [7, 11) is -3.49. The van der Waals surface area contributed by atoms with E-state index in [4.69, 9.17) is 5.11 Å². The van der Waals surface area contributed by atoms with E-state index in [2.05, 4.69) is 5.32 Å². The van der Waals surface area contributed by atoms with Crippen LogP contribution in [0.25, 0.3) is 11.1 Å². The molecule has 0 spiro atoms. The zero-order valence-corrected chi connectivity index (χ0v) is 19.0. The Bertz CT molecular complexity index is 1110. The number of hydrogen-bond acceptors (Lipinski definition) is 4. The van der Waals surface area contributed by atoms with E-state index >= 15 is 0 Å². The number of sulfone groups is 1. The molecule has 3 rings (SSSR count). The lowest BCUT2D eigenvalue weighted by atomic mass is 10.1. The monoisotopic (exact) mass is 451 g/mol. The van der Waals surface area contributed by atoms with Gasteiger partial charge in [-0.3, -0.25) is 4.79 Å². The van der Waals surface area contributed by atoms with Crippen molar-refractivity contribution in [2.45, 2.75) is 42.9 Å². The number of aliphatic carboxylic acids is 1. The van der Waals surface area contributed by atoms with Crippen molar-refractivity contribution in [2.75, 3.05) is 6.54 Å². The minimum Gasteiger partial charge on any atom is -0.481 e. The quantitative estimate of drug-likeness (QED) is 0.441. The summed E-state index contributed by atoms with van der Waals surface area (Å²) < 4.78 is 26.2. The van der Waals surface area contributed by atoms with E-state index in [1.54, 1.807) is 12.1 Å². The van der Waals surface area contributed by atoms with E-state index in [-0.39, 0.29) is 6.42 Å². The summed E-state index contributed by atoms with van der Waals surface area (Å²) in [6.45, 7) is 2.40. The summed E-state index contributed by atoms with van der Waals surface area (Å²) in [6, 6.07) is 24.7. The Morgan fingerprint density at radius 3 is 1.97 bits per heavy atom. The summed E-state index contributed by atoms with van der Waals surface area (Å²) >= 11 is 0. The van der Waals surface area contributed by atoms with Crippen LogP contribution in [0.1, 0.15) is 30.9 Å². The van der Waals surface area contributed by atoms with Gasteiger partial charge in [-0.1, -0.05) is 73.7 Å². The Kier molecular flexibility index (Phi) is 8.20. The second-order valence-corrected chi connectivity index (χ2v) is 9.88. The van der Waals surface area contributed by atoms with Crippen molar-refractivity contribution in [3.05, 3.63) is 90.0 Å². The summed E-state index contributed by atoms with van der Waals surface area (Å²) in [6.07, 6.45) is 1.78.